The summed E-state index contributed by atoms with van der Waals surface area (Å²) in [5, 5.41) is 0. The summed E-state index contributed by atoms with van der Waals surface area (Å²) in [6.45, 7) is 0.0907. The van der Waals surface area contributed by atoms with Crippen molar-refractivity contribution in [1.82, 2.24) is 0 Å². The van der Waals surface area contributed by atoms with Crippen LogP contribution in [0.1, 0.15) is 5.56 Å². The van der Waals surface area contributed by atoms with E-state index in [4.69, 9.17) is 9.47 Å². The van der Waals surface area contributed by atoms with Crippen molar-refractivity contribution < 1.29 is 14.3 Å². The minimum atomic E-state index is -0.328. The number of esters is 1. The fourth-order valence-corrected chi connectivity index (χ4v) is 1.27. The highest BCUT2D eigenvalue weighted by Gasteiger charge is 2.20. The molecule has 72 valence electrons. The molecule has 0 aliphatic carbocycles. The molecule has 0 saturated heterocycles. The third-order valence-corrected chi connectivity index (χ3v) is 1.90. The maximum absolute atomic E-state index is 10.8. The molecule has 0 radical (unpaired) electrons. The van der Waals surface area contributed by atoms with Crippen LogP contribution in [-0.4, -0.2) is 25.5 Å². The van der Waals surface area contributed by atoms with E-state index in [0.29, 0.717) is 17.2 Å². The quantitative estimate of drug-likeness (QED) is 0.655. The molecular formula is C10H9NO3. The number of benzene rings is 1. The number of methoxy groups -OCH3 is 1. The summed E-state index contributed by atoms with van der Waals surface area (Å²) in [5.41, 5.74) is 0.709. The molecule has 1 heterocycles. The van der Waals surface area contributed by atoms with Crippen LogP contribution in [-0.2, 0) is 9.53 Å². The van der Waals surface area contributed by atoms with E-state index in [-0.39, 0.29) is 12.5 Å². The average molecular weight is 191 g/mol. The lowest BCUT2D eigenvalue weighted by molar-refractivity contribution is -0.132. The van der Waals surface area contributed by atoms with Crippen LogP contribution in [0, 0.1) is 0 Å². The lowest BCUT2D eigenvalue weighted by Crippen LogP contribution is -2.07. The van der Waals surface area contributed by atoms with Crippen LogP contribution in [0.25, 0.3) is 0 Å². The van der Waals surface area contributed by atoms with Gasteiger partial charge >= 0.3 is 5.97 Å². The van der Waals surface area contributed by atoms with E-state index in [9.17, 15) is 4.79 Å². The minimum absolute atomic E-state index is 0.0907. The minimum Gasteiger partial charge on any atom is -0.496 e. The van der Waals surface area contributed by atoms with E-state index in [1.54, 1.807) is 19.2 Å². The monoisotopic (exact) mass is 191 g/mol. The summed E-state index contributed by atoms with van der Waals surface area (Å²) in [6.07, 6.45) is 0. The Morgan fingerprint density at radius 3 is 2.86 bits per heavy atom. The highest BCUT2D eigenvalue weighted by molar-refractivity contribution is 6.06. The number of cyclic esters (lactones) is 1. The van der Waals surface area contributed by atoms with Gasteiger partial charge in [0.15, 0.2) is 0 Å². The third kappa shape index (κ3) is 1.46. The van der Waals surface area contributed by atoms with Crippen LogP contribution in [0.15, 0.2) is 29.3 Å². The van der Waals surface area contributed by atoms with E-state index in [1.807, 2.05) is 12.1 Å². The Balaban J connectivity index is 2.36. The molecule has 1 aliphatic heterocycles. The molecule has 0 N–H and O–H groups in total. The topological polar surface area (TPSA) is 47.9 Å². The predicted octanol–water partition coefficient (Wildman–Crippen LogP) is 0.999. The van der Waals surface area contributed by atoms with E-state index in [1.165, 1.54) is 0 Å². The second kappa shape index (κ2) is 3.49. The Labute approximate surface area is 81.2 Å². The molecule has 0 fully saturated rings. The molecule has 2 rings (SSSR count). The summed E-state index contributed by atoms with van der Waals surface area (Å²) in [7, 11) is 1.57. The first kappa shape index (κ1) is 8.74. The molecule has 4 heteroatoms. The normalized spacial score (nSPS) is 14.9. The number of hydrogen-bond acceptors (Lipinski definition) is 4. The first-order chi connectivity index (χ1) is 6.81. The highest BCUT2D eigenvalue weighted by atomic mass is 16.6. The van der Waals surface area contributed by atoms with E-state index < -0.39 is 0 Å². The highest BCUT2D eigenvalue weighted by Crippen LogP contribution is 2.20. The number of carbonyl (C=O) groups excluding carboxylic acids is 1. The zero-order valence-corrected chi connectivity index (χ0v) is 7.69. The van der Waals surface area contributed by atoms with Gasteiger partial charge in [0.05, 0.1) is 12.7 Å². The standard InChI is InChI=1S/C10H9NO3/c1-13-8-5-3-2-4-7(8)10-11-6-9(12)14-10/h2-5H,6H2,1H3. The van der Waals surface area contributed by atoms with Crippen LogP contribution in [0.4, 0.5) is 0 Å². The largest absolute Gasteiger partial charge is 0.496 e. The zero-order valence-electron chi connectivity index (χ0n) is 7.69. The van der Waals surface area contributed by atoms with Crippen molar-refractivity contribution >= 4 is 11.9 Å². The van der Waals surface area contributed by atoms with Gasteiger partial charge in [0.2, 0.25) is 5.90 Å². The molecule has 14 heavy (non-hydrogen) atoms. The summed E-state index contributed by atoms with van der Waals surface area (Å²) in [4.78, 5) is 14.8. The predicted molar refractivity (Wildman–Crippen MR) is 50.5 cm³/mol. The van der Waals surface area contributed by atoms with Crippen LogP contribution < -0.4 is 4.74 Å². The summed E-state index contributed by atoms with van der Waals surface area (Å²) in [5.74, 6) is 0.666. The fraction of sp³-hybridized carbons (Fsp3) is 0.200. The van der Waals surface area contributed by atoms with Crippen LogP contribution >= 0.6 is 0 Å². The molecular weight excluding hydrogens is 182 g/mol. The Kier molecular flexibility index (Phi) is 2.18. The van der Waals surface area contributed by atoms with Gasteiger partial charge in [-0.05, 0) is 12.1 Å². The van der Waals surface area contributed by atoms with Crippen molar-refractivity contribution in [3.05, 3.63) is 29.8 Å². The maximum atomic E-state index is 10.8. The van der Waals surface area contributed by atoms with Gasteiger partial charge < -0.3 is 9.47 Å². The number of carbonyl (C=O) groups is 1. The molecule has 1 aromatic carbocycles. The van der Waals surface area contributed by atoms with Crippen LogP contribution in [0.2, 0.25) is 0 Å². The smallest absolute Gasteiger partial charge is 0.334 e. The average Bonchev–Trinajstić information content (AvgIpc) is 2.65. The Bertz CT molecular complexity index is 398. The van der Waals surface area contributed by atoms with E-state index in [0.717, 1.165) is 0 Å². The van der Waals surface area contributed by atoms with Gasteiger partial charge in [-0.3, -0.25) is 0 Å². The second-order valence-electron chi connectivity index (χ2n) is 2.80. The summed E-state index contributed by atoms with van der Waals surface area (Å²) >= 11 is 0. The van der Waals surface area contributed by atoms with E-state index in [2.05, 4.69) is 4.99 Å². The fourth-order valence-electron chi connectivity index (χ4n) is 1.27. The summed E-state index contributed by atoms with van der Waals surface area (Å²) in [6, 6.07) is 7.28. The van der Waals surface area contributed by atoms with Crippen LogP contribution in [0.3, 0.4) is 0 Å². The van der Waals surface area contributed by atoms with Crippen molar-refractivity contribution in [1.29, 1.82) is 0 Å². The van der Waals surface area contributed by atoms with Crippen LogP contribution in [0.5, 0.6) is 5.75 Å². The van der Waals surface area contributed by atoms with Gasteiger partial charge in [0.1, 0.15) is 12.3 Å². The lowest BCUT2D eigenvalue weighted by atomic mass is 10.2. The third-order valence-electron chi connectivity index (χ3n) is 1.90. The number of nitrogens with zero attached hydrogens (tertiary/aromatic N) is 1. The van der Waals surface area contributed by atoms with Gasteiger partial charge in [-0.15, -0.1) is 0 Å². The SMILES string of the molecule is COc1ccccc1C1=NCC(=O)O1. The first-order valence-electron chi connectivity index (χ1n) is 4.20. The molecule has 0 atom stereocenters. The number of ether oxygens (including phenoxy) is 2. The number of aliphatic imine (C=N–C) groups is 1. The van der Waals surface area contributed by atoms with Crippen molar-refractivity contribution in [2.45, 2.75) is 0 Å². The Morgan fingerprint density at radius 1 is 1.43 bits per heavy atom. The molecule has 0 aromatic heterocycles. The molecule has 0 unspecified atom stereocenters. The second-order valence-corrected chi connectivity index (χ2v) is 2.80. The van der Waals surface area contributed by atoms with Gasteiger partial charge in [0.25, 0.3) is 0 Å². The molecule has 1 aliphatic rings. The Hall–Kier alpha value is -1.84. The number of rotatable bonds is 2. The van der Waals surface area contributed by atoms with Gasteiger partial charge in [0, 0.05) is 0 Å². The maximum Gasteiger partial charge on any atom is 0.334 e. The molecule has 4 nitrogen and oxygen atoms in total. The first-order valence-corrected chi connectivity index (χ1v) is 4.20. The molecule has 0 spiro atoms. The van der Waals surface area contributed by atoms with Crippen molar-refractivity contribution in [2.75, 3.05) is 13.7 Å². The van der Waals surface area contributed by atoms with Gasteiger partial charge in [-0.1, -0.05) is 12.1 Å². The van der Waals surface area contributed by atoms with Crippen molar-refractivity contribution in [2.24, 2.45) is 4.99 Å². The molecule has 0 amide bonds. The van der Waals surface area contributed by atoms with Gasteiger partial charge in [-0.2, -0.15) is 0 Å². The van der Waals surface area contributed by atoms with E-state index >= 15 is 0 Å². The van der Waals surface area contributed by atoms with Crippen molar-refractivity contribution in [3.8, 4) is 5.75 Å². The molecule has 0 saturated carbocycles. The zero-order chi connectivity index (χ0) is 9.97. The number of hydrogen-bond donors (Lipinski definition) is 0. The summed E-state index contributed by atoms with van der Waals surface area (Å²) < 4.78 is 10.0. The lowest BCUT2D eigenvalue weighted by Gasteiger charge is -2.06. The van der Waals surface area contributed by atoms with Gasteiger partial charge in [-0.25, -0.2) is 9.79 Å². The Morgan fingerprint density at radius 2 is 2.21 bits per heavy atom. The number of para-hydroxylation sites is 1. The van der Waals surface area contributed by atoms with Crippen molar-refractivity contribution in [3.63, 3.8) is 0 Å². The molecule has 1 aromatic rings. The molecule has 0 bridgehead atoms.